The van der Waals surface area contributed by atoms with E-state index in [4.69, 9.17) is 16.0 Å². The summed E-state index contributed by atoms with van der Waals surface area (Å²) >= 11 is 6.06. The summed E-state index contributed by atoms with van der Waals surface area (Å²) in [7, 11) is 0. The summed E-state index contributed by atoms with van der Waals surface area (Å²) in [5.74, 6) is 0.692. The van der Waals surface area contributed by atoms with E-state index < -0.39 is 16.7 Å². The molecule has 0 aliphatic carbocycles. The number of hydrogen-bond acceptors (Lipinski definition) is 6. The molecule has 3 aromatic rings. The van der Waals surface area contributed by atoms with Crippen LogP contribution in [0.2, 0.25) is 5.02 Å². The molecule has 28 heavy (non-hydrogen) atoms. The second-order valence-electron chi connectivity index (χ2n) is 5.42. The second-order valence-corrected chi connectivity index (χ2v) is 5.83. The maximum atomic E-state index is 12.5. The zero-order valence-corrected chi connectivity index (χ0v) is 14.5. The number of nitro benzene ring substituents is 1. The van der Waals surface area contributed by atoms with Crippen LogP contribution < -0.4 is 5.43 Å². The average molecular weight is 411 g/mol. The Morgan fingerprint density at radius 1 is 1.21 bits per heavy atom. The zero-order valence-electron chi connectivity index (χ0n) is 13.8. The van der Waals surface area contributed by atoms with E-state index in [9.17, 15) is 23.3 Å². The van der Waals surface area contributed by atoms with E-state index >= 15 is 0 Å². The van der Waals surface area contributed by atoms with Gasteiger partial charge in [0.2, 0.25) is 0 Å². The predicted molar refractivity (Wildman–Crippen MR) is 96.3 cm³/mol. The highest BCUT2D eigenvalue weighted by Crippen LogP contribution is 2.32. The lowest BCUT2D eigenvalue weighted by atomic mass is 10.1. The fraction of sp³-hybridized carbons (Fsp3) is 0.0588. The number of non-ortho nitro benzene ring substituents is 1. The molecule has 0 amide bonds. The van der Waals surface area contributed by atoms with Gasteiger partial charge < -0.3 is 4.42 Å². The summed E-state index contributed by atoms with van der Waals surface area (Å²) in [5, 5.41) is 15.0. The van der Waals surface area contributed by atoms with E-state index in [0.29, 0.717) is 17.5 Å². The van der Waals surface area contributed by atoms with Crippen LogP contribution in [0.15, 0.2) is 58.2 Å². The molecule has 3 rings (SSSR count). The largest absolute Gasteiger partial charge is 0.455 e. The molecular weight excluding hydrogens is 401 g/mol. The maximum absolute atomic E-state index is 12.5. The van der Waals surface area contributed by atoms with Gasteiger partial charge in [0.05, 0.1) is 21.7 Å². The molecule has 0 radical (unpaired) electrons. The van der Waals surface area contributed by atoms with E-state index in [-0.39, 0.29) is 22.3 Å². The first kappa shape index (κ1) is 19.4. The number of halogens is 4. The van der Waals surface area contributed by atoms with Crippen LogP contribution in [-0.2, 0) is 6.18 Å². The van der Waals surface area contributed by atoms with Crippen molar-refractivity contribution in [3.05, 3.63) is 75.1 Å². The summed E-state index contributed by atoms with van der Waals surface area (Å²) in [6.07, 6.45) is -2.51. The highest BCUT2D eigenvalue weighted by atomic mass is 35.5. The number of pyridine rings is 1. The predicted octanol–water partition coefficient (Wildman–Crippen LogP) is 5.37. The average Bonchev–Trinajstić information content (AvgIpc) is 3.10. The van der Waals surface area contributed by atoms with E-state index in [1.807, 2.05) is 0 Å². The summed E-state index contributed by atoms with van der Waals surface area (Å²) in [4.78, 5) is 13.9. The molecule has 2 aromatic heterocycles. The Hall–Kier alpha value is -3.40. The van der Waals surface area contributed by atoms with Crippen molar-refractivity contribution >= 4 is 29.3 Å². The van der Waals surface area contributed by atoms with Gasteiger partial charge in [-0.3, -0.25) is 15.5 Å². The molecule has 0 saturated heterocycles. The number of nitrogens with one attached hydrogen (secondary N) is 1. The topological polar surface area (TPSA) is 93.6 Å². The minimum absolute atomic E-state index is 0.109. The monoisotopic (exact) mass is 410 g/mol. The number of rotatable bonds is 5. The molecule has 0 atom stereocenters. The SMILES string of the molecule is O=[N+]([O-])c1ccc(Cl)c(-c2ccc(/C=N\Nc3ccc(C(F)(F)F)cn3)o2)c1. The highest BCUT2D eigenvalue weighted by Gasteiger charge is 2.30. The maximum Gasteiger partial charge on any atom is 0.417 e. The van der Waals surface area contributed by atoms with Crippen molar-refractivity contribution < 1.29 is 22.5 Å². The van der Waals surface area contributed by atoms with Crippen LogP contribution >= 0.6 is 11.6 Å². The molecule has 0 aliphatic rings. The first-order valence-corrected chi connectivity index (χ1v) is 7.98. The third-order valence-corrected chi connectivity index (χ3v) is 3.84. The third-order valence-electron chi connectivity index (χ3n) is 3.51. The minimum Gasteiger partial charge on any atom is -0.455 e. The molecule has 11 heteroatoms. The molecule has 1 aromatic carbocycles. The van der Waals surface area contributed by atoms with E-state index in [1.54, 1.807) is 12.1 Å². The van der Waals surface area contributed by atoms with Gasteiger partial charge in [-0.1, -0.05) is 11.6 Å². The highest BCUT2D eigenvalue weighted by molar-refractivity contribution is 6.33. The number of hydrazone groups is 1. The van der Waals surface area contributed by atoms with Crippen LogP contribution in [0.5, 0.6) is 0 Å². The van der Waals surface area contributed by atoms with Crippen molar-refractivity contribution in [1.29, 1.82) is 0 Å². The number of benzene rings is 1. The molecular formula is C17H10ClF3N4O3. The Morgan fingerprint density at radius 2 is 2.00 bits per heavy atom. The lowest BCUT2D eigenvalue weighted by Gasteiger charge is -2.06. The molecule has 0 spiro atoms. The normalized spacial score (nSPS) is 11.7. The number of nitrogens with zero attached hydrogens (tertiary/aromatic N) is 3. The number of furan rings is 1. The number of alkyl halides is 3. The Bertz CT molecular complexity index is 1030. The molecule has 7 nitrogen and oxygen atoms in total. The fourth-order valence-corrected chi connectivity index (χ4v) is 2.38. The quantitative estimate of drug-likeness (QED) is 0.347. The standard InChI is InChI=1S/C17H10ClF3N4O3/c18-14-4-2-11(25(26)27)7-13(14)15-5-3-12(28-15)9-23-24-16-6-1-10(8-22-16)17(19,20)21/h1-9H,(H,22,24)/b23-9-. The lowest BCUT2D eigenvalue weighted by molar-refractivity contribution is -0.384. The first-order chi connectivity index (χ1) is 13.2. The van der Waals surface area contributed by atoms with Crippen LogP contribution in [-0.4, -0.2) is 16.1 Å². The van der Waals surface area contributed by atoms with E-state index in [1.165, 1.54) is 24.4 Å². The van der Waals surface area contributed by atoms with Gasteiger partial charge in [-0.2, -0.15) is 18.3 Å². The Balaban J connectivity index is 1.71. The van der Waals surface area contributed by atoms with Crippen LogP contribution in [0.4, 0.5) is 24.7 Å². The summed E-state index contributed by atoms with van der Waals surface area (Å²) in [6, 6.07) is 9.07. The van der Waals surface area contributed by atoms with Gasteiger partial charge in [-0.25, -0.2) is 4.98 Å². The van der Waals surface area contributed by atoms with Crippen LogP contribution in [0.3, 0.4) is 0 Å². The van der Waals surface area contributed by atoms with Gasteiger partial charge in [-0.15, -0.1) is 0 Å². The van der Waals surface area contributed by atoms with Crippen molar-refractivity contribution in [2.45, 2.75) is 6.18 Å². The van der Waals surface area contributed by atoms with E-state index in [0.717, 1.165) is 12.1 Å². The lowest BCUT2D eigenvalue weighted by Crippen LogP contribution is -2.05. The van der Waals surface area contributed by atoms with Gasteiger partial charge in [0.25, 0.3) is 5.69 Å². The van der Waals surface area contributed by atoms with Crippen LogP contribution in [0.25, 0.3) is 11.3 Å². The number of anilines is 1. The van der Waals surface area contributed by atoms with Gasteiger partial charge in [0.15, 0.2) is 0 Å². The van der Waals surface area contributed by atoms with Crippen LogP contribution in [0, 0.1) is 10.1 Å². The second kappa shape index (κ2) is 7.69. The smallest absolute Gasteiger partial charge is 0.417 e. The zero-order chi connectivity index (χ0) is 20.3. The molecule has 144 valence electrons. The molecule has 0 unspecified atom stereocenters. The Kier molecular flexibility index (Phi) is 5.32. The third kappa shape index (κ3) is 4.46. The van der Waals surface area contributed by atoms with Crippen LogP contribution in [0.1, 0.15) is 11.3 Å². The number of hydrogen-bond donors (Lipinski definition) is 1. The molecule has 0 fully saturated rings. The molecule has 0 aliphatic heterocycles. The molecule has 0 bridgehead atoms. The molecule has 0 saturated carbocycles. The van der Waals surface area contributed by atoms with Gasteiger partial charge in [0, 0.05) is 23.9 Å². The van der Waals surface area contributed by atoms with Gasteiger partial charge in [-0.05, 0) is 30.3 Å². The Morgan fingerprint density at radius 3 is 2.64 bits per heavy atom. The number of aromatic nitrogens is 1. The van der Waals surface area contributed by atoms with Crippen molar-refractivity contribution in [2.75, 3.05) is 5.43 Å². The van der Waals surface area contributed by atoms with Gasteiger partial charge in [0.1, 0.15) is 17.3 Å². The summed E-state index contributed by atoms with van der Waals surface area (Å²) in [5.41, 5.74) is 1.81. The minimum atomic E-state index is -4.47. The van der Waals surface area contributed by atoms with Gasteiger partial charge >= 0.3 is 6.18 Å². The van der Waals surface area contributed by atoms with Crippen molar-refractivity contribution in [3.63, 3.8) is 0 Å². The van der Waals surface area contributed by atoms with E-state index in [2.05, 4.69) is 15.5 Å². The van der Waals surface area contributed by atoms with Crippen molar-refractivity contribution in [3.8, 4) is 11.3 Å². The fourth-order valence-electron chi connectivity index (χ4n) is 2.17. The summed E-state index contributed by atoms with van der Waals surface area (Å²) in [6.45, 7) is 0. The van der Waals surface area contributed by atoms with Crippen molar-refractivity contribution in [1.82, 2.24) is 4.98 Å². The molecule has 2 heterocycles. The summed E-state index contributed by atoms with van der Waals surface area (Å²) < 4.78 is 43.0. The van der Waals surface area contributed by atoms with Crippen molar-refractivity contribution in [2.24, 2.45) is 5.10 Å². The molecule has 1 N–H and O–H groups in total. The Labute approximate surface area is 160 Å². The first-order valence-electron chi connectivity index (χ1n) is 7.60. The number of nitro groups is 1.